The molecule has 1 heterocycles. The molecule has 0 saturated heterocycles. The zero-order valence-corrected chi connectivity index (χ0v) is 12.2. The van der Waals surface area contributed by atoms with Crippen LogP contribution in [-0.4, -0.2) is 16.1 Å². The van der Waals surface area contributed by atoms with Crippen molar-refractivity contribution in [1.82, 2.24) is 4.98 Å². The van der Waals surface area contributed by atoms with Crippen molar-refractivity contribution in [3.8, 4) is 0 Å². The molecule has 0 atom stereocenters. The predicted octanol–water partition coefficient (Wildman–Crippen LogP) is 3.82. The first-order chi connectivity index (χ1) is 8.88. The second-order valence-corrected chi connectivity index (χ2v) is 5.83. The van der Waals surface area contributed by atoms with Crippen LogP contribution in [0, 0.1) is 27.7 Å². The number of carboxylic acids is 1. The number of hydrogen-bond acceptors (Lipinski definition) is 4. The van der Waals surface area contributed by atoms with Gasteiger partial charge in [-0.15, -0.1) is 11.3 Å². The average molecular weight is 276 g/mol. The molecule has 0 amide bonds. The molecule has 1 aromatic heterocycles. The zero-order chi connectivity index (χ0) is 14.2. The van der Waals surface area contributed by atoms with E-state index in [0.717, 1.165) is 16.8 Å². The molecule has 4 nitrogen and oxygen atoms in total. The number of hydrogen-bond donors (Lipinski definition) is 2. The number of carboxylic acid groups (broad SMARTS) is 1. The summed E-state index contributed by atoms with van der Waals surface area (Å²) in [6.45, 7) is 7.88. The smallest absolute Gasteiger partial charge is 0.355 e. The Balaban J connectivity index is 2.37. The van der Waals surface area contributed by atoms with Crippen LogP contribution in [0.5, 0.6) is 0 Å². The van der Waals surface area contributed by atoms with E-state index < -0.39 is 5.97 Å². The molecule has 19 heavy (non-hydrogen) atoms. The van der Waals surface area contributed by atoms with Crippen molar-refractivity contribution in [2.75, 3.05) is 5.32 Å². The van der Waals surface area contributed by atoms with E-state index in [2.05, 4.69) is 29.4 Å². The lowest BCUT2D eigenvalue weighted by molar-refractivity contribution is 0.0690. The minimum atomic E-state index is -0.987. The lowest BCUT2D eigenvalue weighted by Gasteiger charge is -2.11. The topological polar surface area (TPSA) is 62.2 Å². The highest BCUT2D eigenvalue weighted by atomic mass is 32.1. The second kappa shape index (κ2) is 5.01. The van der Waals surface area contributed by atoms with Crippen LogP contribution in [0.15, 0.2) is 12.1 Å². The molecule has 0 aliphatic rings. The standard InChI is InChI=1S/C14H16N2O2S/c1-7-5-8(2)11(9(3)6-7)15-14-16-12(13(17)18)10(4)19-14/h5-6H,1-4H3,(H,15,16)(H,17,18). The normalized spacial score (nSPS) is 10.5. The third-order valence-electron chi connectivity index (χ3n) is 2.91. The van der Waals surface area contributed by atoms with Crippen LogP contribution in [-0.2, 0) is 0 Å². The van der Waals surface area contributed by atoms with Gasteiger partial charge in [0.15, 0.2) is 10.8 Å². The van der Waals surface area contributed by atoms with Crippen LogP contribution in [0.3, 0.4) is 0 Å². The number of carbonyl (C=O) groups is 1. The van der Waals surface area contributed by atoms with Gasteiger partial charge in [0.2, 0.25) is 0 Å². The highest BCUT2D eigenvalue weighted by Crippen LogP contribution is 2.29. The number of aryl methyl sites for hydroxylation is 4. The molecule has 0 unspecified atom stereocenters. The molecule has 5 heteroatoms. The zero-order valence-electron chi connectivity index (χ0n) is 11.4. The molecule has 100 valence electrons. The van der Waals surface area contributed by atoms with Gasteiger partial charge in [-0.25, -0.2) is 9.78 Å². The van der Waals surface area contributed by atoms with E-state index in [4.69, 9.17) is 5.11 Å². The van der Waals surface area contributed by atoms with E-state index in [-0.39, 0.29) is 5.69 Å². The first kappa shape index (κ1) is 13.5. The van der Waals surface area contributed by atoms with Crippen molar-refractivity contribution in [1.29, 1.82) is 0 Å². The number of thiazole rings is 1. The summed E-state index contributed by atoms with van der Waals surface area (Å²) < 4.78 is 0. The number of nitrogens with one attached hydrogen (secondary N) is 1. The monoisotopic (exact) mass is 276 g/mol. The van der Waals surface area contributed by atoms with Gasteiger partial charge in [-0.3, -0.25) is 0 Å². The van der Waals surface area contributed by atoms with Gasteiger partial charge < -0.3 is 10.4 Å². The second-order valence-electron chi connectivity index (χ2n) is 4.63. The van der Waals surface area contributed by atoms with Gasteiger partial charge >= 0.3 is 5.97 Å². The molecule has 2 N–H and O–H groups in total. The molecule has 0 spiro atoms. The maximum Gasteiger partial charge on any atom is 0.355 e. The van der Waals surface area contributed by atoms with Gasteiger partial charge in [-0.1, -0.05) is 17.7 Å². The molecule has 1 aromatic carbocycles. The van der Waals surface area contributed by atoms with Gasteiger partial charge in [0.05, 0.1) is 0 Å². The van der Waals surface area contributed by atoms with Crippen molar-refractivity contribution < 1.29 is 9.90 Å². The number of anilines is 2. The van der Waals surface area contributed by atoms with Crippen molar-refractivity contribution in [2.24, 2.45) is 0 Å². The highest BCUT2D eigenvalue weighted by molar-refractivity contribution is 7.15. The SMILES string of the molecule is Cc1cc(C)c(Nc2nc(C(=O)O)c(C)s2)c(C)c1. The van der Waals surface area contributed by atoms with Gasteiger partial charge in [0, 0.05) is 10.6 Å². The molecular weight excluding hydrogens is 260 g/mol. The number of nitrogens with zero attached hydrogens (tertiary/aromatic N) is 1. The maximum absolute atomic E-state index is 11.0. The Kier molecular flexibility index (Phi) is 3.57. The van der Waals surface area contributed by atoms with E-state index in [1.54, 1.807) is 6.92 Å². The van der Waals surface area contributed by atoms with Gasteiger partial charge in [0.25, 0.3) is 0 Å². The Bertz CT molecular complexity index is 624. The predicted molar refractivity (Wildman–Crippen MR) is 77.7 cm³/mol. The summed E-state index contributed by atoms with van der Waals surface area (Å²) in [6.07, 6.45) is 0. The third-order valence-corrected chi connectivity index (χ3v) is 3.79. The number of aromatic nitrogens is 1. The third kappa shape index (κ3) is 2.76. The summed E-state index contributed by atoms with van der Waals surface area (Å²) in [5.74, 6) is -0.987. The van der Waals surface area contributed by atoms with Crippen LogP contribution in [0.25, 0.3) is 0 Å². The number of rotatable bonds is 3. The van der Waals surface area contributed by atoms with E-state index in [1.165, 1.54) is 16.9 Å². The summed E-state index contributed by atoms with van der Waals surface area (Å²) in [4.78, 5) is 15.8. The van der Waals surface area contributed by atoms with Gasteiger partial charge in [0.1, 0.15) is 0 Å². The first-order valence-electron chi connectivity index (χ1n) is 5.94. The van der Waals surface area contributed by atoms with Crippen LogP contribution >= 0.6 is 11.3 Å². The molecule has 0 aliphatic carbocycles. The summed E-state index contributed by atoms with van der Waals surface area (Å²) in [7, 11) is 0. The van der Waals surface area contributed by atoms with E-state index in [9.17, 15) is 4.79 Å². The Morgan fingerprint density at radius 2 is 1.79 bits per heavy atom. The average Bonchev–Trinajstić information content (AvgIpc) is 2.65. The summed E-state index contributed by atoms with van der Waals surface area (Å²) in [6, 6.07) is 4.18. The minimum absolute atomic E-state index is 0.120. The fourth-order valence-electron chi connectivity index (χ4n) is 2.13. The fraction of sp³-hybridized carbons (Fsp3) is 0.286. The van der Waals surface area contributed by atoms with Crippen molar-refractivity contribution in [2.45, 2.75) is 27.7 Å². The van der Waals surface area contributed by atoms with E-state index in [0.29, 0.717) is 10.0 Å². The van der Waals surface area contributed by atoms with Crippen LogP contribution in [0.1, 0.15) is 32.1 Å². The first-order valence-corrected chi connectivity index (χ1v) is 6.75. The van der Waals surface area contributed by atoms with E-state index >= 15 is 0 Å². The Hall–Kier alpha value is -1.88. The minimum Gasteiger partial charge on any atom is -0.476 e. The van der Waals surface area contributed by atoms with Crippen LogP contribution in [0.4, 0.5) is 10.8 Å². The lowest BCUT2D eigenvalue weighted by Crippen LogP contribution is -2.00. The van der Waals surface area contributed by atoms with E-state index in [1.807, 2.05) is 13.8 Å². The summed E-state index contributed by atoms with van der Waals surface area (Å²) >= 11 is 1.36. The van der Waals surface area contributed by atoms with Crippen molar-refractivity contribution in [3.05, 3.63) is 39.4 Å². The molecule has 2 rings (SSSR count). The van der Waals surface area contributed by atoms with Crippen molar-refractivity contribution in [3.63, 3.8) is 0 Å². The number of aromatic carboxylic acids is 1. The molecular formula is C14H16N2O2S. The summed E-state index contributed by atoms with van der Waals surface area (Å²) in [5.41, 5.74) is 4.58. The number of benzene rings is 1. The Labute approximate surface area is 116 Å². The highest BCUT2D eigenvalue weighted by Gasteiger charge is 2.15. The maximum atomic E-state index is 11.0. The van der Waals surface area contributed by atoms with Gasteiger partial charge in [-0.2, -0.15) is 0 Å². The quantitative estimate of drug-likeness (QED) is 0.894. The lowest BCUT2D eigenvalue weighted by atomic mass is 10.1. The largest absolute Gasteiger partial charge is 0.476 e. The molecule has 2 aromatic rings. The molecule has 0 saturated carbocycles. The van der Waals surface area contributed by atoms with Crippen molar-refractivity contribution >= 4 is 28.1 Å². The molecule has 0 radical (unpaired) electrons. The summed E-state index contributed by atoms with van der Waals surface area (Å²) in [5, 5.41) is 12.9. The van der Waals surface area contributed by atoms with Crippen LogP contribution < -0.4 is 5.32 Å². The van der Waals surface area contributed by atoms with Crippen LogP contribution in [0.2, 0.25) is 0 Å². The Morgan fingerprint density at radius 3 is 2.26 bits per heavy atom. The molecule has 0 bridgehead atoms. The Morgan fingerprint density at radius 1 is 1.21 bits per heavy atom. The van der Waals surface area contributed by atoms with Gasteiger partial charge in [-0.05, 0) is 38.8 Å². The molecule has 0 fully saturated rings. The molecule has 0 aliphatic heterocycles. The fourth-order valence-corrected chi connectivity index (χ4v) is 2.94.